The van der Waals surface area contributed by atoms with Gasteiger partial charge in [0.05, 0.1) is 12.7 Å². The maximum Gasteiger partial charge on any atom is 0.341 e. The van der Waals surface area contributed by atoms with Crippen LogP contribution in [-0.2, 0) is 14.3 Å². The van der Waals surface area contributed by atoms with Gasteiger partial charge < -0.3 is 19.5 Å². The summed E-state index contributed by atoms with van der Waals surface area (Å²) >= 11 is 0. The summed E-state index contributed by atoms with van der Waals surface area (Å²) in [6.07, 6.45) is 0.497. The number of anilines is 1. The number of amides is 1. The van der Waals surface area contributed by atoms with Crippen molar-refractivity contribution < 1.29 is 23.8 Å². The lowest BCUT2D eigenvalue weighted by Gasteiger charge is -2.30. The van der Waals surface area contributed by atoms with E-state index in [9.17, 15) is 9.59 Å². The zero-order chi connectivity index (χ0) is 20.6. The van der Waals surface area contributed by atoms with Gasteiger partial charge in [-0.05, 0) is 65.2 Å². The van der Waals surface area contributed by atoms with Gasteiger partial charge in [0.25, 0.3) is 5.91 Å². The van der Waals surface area contributed by atoms with Crippen molar-refractivity contribution in [3.05, 3.63) is 23.8 Å². The maximum atomic E-state index is 12.8. The lowest BCUT2D eigenvalue weighted by molar-refractivity contribution is -0.140. The molecule has 1 rings (SSSR count). The van der Waals surface area contributed by atoms with Gasteiger partial charge in [0.15, 0.2) is 0 Å². The minimum Gasteiger partial charge on any atom is -0.490 e. The normalized spacial score (nSPS) is 13.4. The van der Waals surface area contributed by atoms with E-state index in [-0.39, 0.29) is 24.2 Å². The van der Waals surface area contributed by atoms with E-state index in [0.717, 1.165) is 0 Å². The maximum absolute atomic E-state index is 12.8. The molecule has 1 N–H and O–H groups in total. The molecule has 0 fully saturated rings. The standard InChI is InChI=1S/C21H33NO5/c1-8-25-19(23)17-12-16(10-11-18(17)27-15(5)6)22-20(24)21(7,26-9-2)13-14(3)4/h10-12,14-15H,8-9,13H2,1-7H3,(H,22,24)/t21-/m1/s1. The van der Waals surface area contributed by atoms with Gasteiger partial charge in [-0.25, -0.2) is 4.79 Å². The summed E-state index contributed by atoms with van der Waals surface area (Å²) in [6, 6.07) is 4.96. The first-order chi connectivity index (χ1) is 12.6. The van der Waals surface area contributed by atoms with Crippen LogP contribution >= 0.6 is 0 Å². The van der Waals surface area contributed by atoms with Crippen molar-refractivity contribution in [1.29, 1.82) is 0 Å². The summed E-state index contributed by atoms with van der Waals surface area (Å²) in [6.45, 7) is 13.9. The van der Waals surface area contributed by atoms with E-state index in [1.165, 1.54) is 0 Å². The van der Waals surface area contributed by atoms with Crippen molar-refractivity contribution >= 4 is 17.6 Å². The van der Waals surface area contributed by atoms with Crippen LogP contribution in [0.1, 0.15) is 65.2 Å². The fourth-order valence-corrected chi connectivity index (χ4v) is 2.91. The number of benzene rings is 1. The summed E-state index contributed by atoms with van der Waals surface area (Å²) in [4.78, 5) is 25.1. The molecule has 0 spiro atoms. The minimum atomic E-state index is -0.944. The smallest absolute Gasteiger partial charge is 0.341 e. The Morgan fingerprint density at radius 1 is 1.11 bits per heavy atom. The summed E-state index contributed by atoms with van der Waals surface area (Å²) < 4.78 is 16.5. The van der Waals surface area contributed by atoms with E-state index < -0.39 is 11.6 Å². The Hall–Kier alpha value is -2.08. The van der Waals surface area contributed by atoms with Gasteiger partial charge >= 0.3 is 5.97 Å². The van der Waals surface area contributed by atoms with Gasteiger partial charge in [-0.15, -0.1) is 0 Å². The van der Waals surface area contributed by atoms with Crippen LogP contribution in [0.25, 0.3) is 0 Å². The molecule has 0 bridgehead atoms. The monoisotopic (exact) mass is 379 g/mol. The molecular formula is C21H33NO5. The lowest BCUT2D eigenvalue weighted by atomic mass is 9.93. The number of carbonyl (C=O) groups is 2. The molecule has 0 aromatic heterocycles. The van der Waals surface area contributed by atoms with Gasteiger partial charge in [0.2, 0.25) is 0 Å². The first-order valence-electron chi connectivity index (χ1n) is 9.56. The Balaban J connectivity index is 3.13. The molecule has 1 atom stereocenters. The van der Waals surface area contributed by atoms with E-state index in [0.29, 0.717) is 30.4 Å². The molecular weight excluding hydrogens is 346 g/mol. The Morgan fingerprint density at radius 2 is 1.78 bits per heavy atom. The summed E-state index contributed by atoms with van der Waals surface area (Å²) in [5, 5.41) is 2.86. The molecule has 1 amide bonds. The van der Waals surface area contributed by atoms with Crippen molar-refractivity contribution in [1.82, 2.24) is 0 Å². The second kappa shape index (κ2) is 10.3. The van der Waals surface area contributed by atoms with Gasteiger partial charge in [0, 0.05) is 12.3 Å². The minimum absolute atomic E-state index is 0.0918. The van der Waals surface area contributed by atoms with Gasteiger partial charge in [-0.3, -0.25) is 4.79 Å². The summed E-state index contributed by atoms with van der Waals surface area (Å²) in [5.41, 5.74) is -0.167. The molecule has 0 saturated heterocycles. The highest BCUT2D eigenvalue weighted by Gasteiger charge is 2.35. The third-order valence-electron chi connectivity index (χ3n) is 3.84. The molecule has 0 aliphatic heterocycles. The highest BCUT2D eigenvalue weighted by molar-refractivity contribution is 5.99. The van der Waals surface area contributed by atoms with Crippen molar-refractivity contribution in [3.63, 3.8) is 0 Å². The summed E-state index contributed by atoms with van der Waals surface area (Å²) in [7, 11) is 0. The van der Waals surface area contributed by atoms with Gasteiger partial charge in [0.1, 0.15) is 16.9 Å². The van der Waals surface area contributed by atoms with Crippen LogP contribution < -0.4 is 10.1 Å². The zero-order valence-electron chi connectivity index (χ0n) is 17.5. The molecule has 0 saturated carbocycles. The van der Waals surface area contributed by atoms with Crippen molar-refractivity contribution in [2.75, 3.05) is 18.5 Å². The third kappa shape index (κ3) is 6.86. The van der Waals surface area contributed by atoms with E-state index >= 15 is 0 Å². The Morgan fingerprint density at radius 3 is 2.30 bits per heavy atom. The first-order valence-corrected chi connectivity index (χ1v) is 9.56. The fraction of sp³-hybridized carbons (Fsp3) is 0.619. The topological polar surface area (TPSA) is 73.9 Å². The molecule has 1 aromatic rings. The molecule has 6 nitrogen and oxygen atoms in total. The highest BCUT2D eigenvalue weighted by Crippen LogP contribution is 2.27. The van der Waals surface area contributed by atoms with E-state index in [2.05, 4.69) is 5.32 Å². The van der Waals surface area contributed by atoms with Crippen molar-refractivity contribution in [2.45, 2.75) is 66.6 Å². The molecule has 152 valence electrons. The molecule has 0 unspecified atom stereocenters. The van der Waals surface area contributed by atoms with Crippen LogP contribution in [0.15, 0.2) is 18.2 Å². The predicted octanol–water partition coefficient (Wildman–Crippen LogP) is 4.43. The van der Waals surface area contributed by atoms with Crippen molar-refractivity contribution in [3.8, 4) is 5.75 Å². The first kappa shape index (κ1) is 23.0. The molecule has 0 aliphatic rings. The predicted molar refractivity (Wildman–Crippen MR) is 106 cm³/mol. The third-order valence-corrected chi connectivity index (χ3v) is 3.84. The number of nitrogens with one attached hydrogen (secondary N) is 1. The molecule has 0 aliphatic carbocycles. The fourth-order valence-electron chi connectivity index (χ4n) is 2.91. The lowest BCUT2D eigenvalue weighted by Crippen LogP contribution is -2.44. The van der Waals surface area contributed by atoms with Crippen LogP contribution in [-0.4, -0.2) is 36.8 Å². The average Bonchev–Trinajstić information content (AvgIpc) is 2.55. The van der Waals surface area contributed by atoms with Gasteiger partial charge in [-0.1, -0.05) is 13.8 Å². The number of esters is 1. The molecule has 0 heterocycles. The van der Waals surface area contributed by atoms with Crippen LogP contribution in [0.3, 0.4) is 0 Å². The number of hydrogen-bond acceptors (Lipinski definition) is 5. The Bertz CT molecular complexity index is 641. The molecule has 27 heavy (non-hydrogen) atoms. The number of rotatable bonds is 10. The van der Waals surface area contributed by atoms with Crippen LogP contribution in [0, 0.1) is 5.92 Å². The molecule has 0 radical (unpaired) electrons. The Labute approximate surface area is 162 Å². The van der Waals surface area contributed by atoms with Crippen LogP contribution in [0.5, 0.6) is 5.75 Å². The SMILES string of the molecule is CCOC(=O)c1cc(NC(=O)[C@@](C)(CC(C)C)OCC)ccc1OC(C)C. The average molecular weight is 379 g/mol. The molecule has 6 heteroatoms. The highest BCUT2D eigenvalue weighted by atomic mass is 16.5. The number of hydrogen-bond donors (Lipinski definition) is 1. The number of carbonyl (C=O) groups excluding carboxylic acids is 2. The van der Waals surface area contributed by atoms with Crippen LogP contribution in [0.4, 0.5) is 5.69 Å². The van der Waals surface area contributed by atoms with Crippen molar-refractivity contribution in [2.24, 2.45) is 5.92 Å². The quantitative estimate of drug-likeness (QED) is 0.609. The summed E-state index contributed by atoms with van der Waals surface area (Å²) in [5.74, 6) is -0.00945. The van der Waals surface area contributed by atoms with Crippen LogP contribution in [0.2, 0.25) is 0 Å². The van der Waals surface area contributed by atoms with Gasteiger partial charge in [-0.2, -0.15) is 0 Å². The van der Waals surface area contributed by atoms with E-state index in [4.69, 9.17) is 14.2 Å². The van der Waals surface area contributed by atoms with E-state index in [1.54, 1.807) is 32.0 Å². The second-order valence-corrected chi connectivity index (χ2v) is 7.31. The second-order valence-electron chi connectivity index (χ2n) is 7.31. The number of ether oxygens (including phenoxy) is 3. The Kier molecular flexibility index (Phi) is 8.76. The largest absolute Gasteiger partial charge is 0.490 e. The zero-order valence-corrected chi connectivity index (χ0v) is 17.5. The molecule has 1 aromatic carbocycles. The van der Waals surface area contributed by atoms with E-state index in [1.807, 2.05) is 34.6 Å².